The molecule has 94 heavy (non-hydrogen) atoms. The molecule has 0 aromatic heterocycles. The molecule has 0 fully saturated rings. The Labute approximate surface area is 735 Å². The average molecular weight is 1560 g/mol. The van der Waals surface area contributed by atoms with E-state index in [4.69, 9.17) is 56.2 Å². The predicted octanol–water partition coefficient (Wildman–Crippen LogP) is -24.6. The number of nitrogens with two attached hydrogens (primary N) is 1. The topological polar surface area (TPSA) is 656 Å². The van der Waals surface area contributed by atoms with Crippen molar-refractivity contribution in [2.24, 2.45) is 40.9 Å². The maximum absolute atomic E-state index is 12.7. The third-order valence-corrected chi connectivity index (χ3v) is 13.4. The largest absolute Gasteiger partial charge is 1.00 e. The van der Waals surface area contributed by atoms with Gasteiger partial charge in [0.2, 0.25) is 0 Å². The molecule has 38 nitrogen and oxygen atoms in total. The molecule has 0 radical (unpaired) electrons. The van der Waals surface area contributed by atoms with E-state index in [1.165, 1.54) is 0 Å². The smallest absolute Gasteiger partial charge is 0.746 e. The minimum atomic E-state index is -5.74. The number of hydrogen-bond acceptors (Lipinski definition) is 38. The number of nitrogens with zero attached hydrogens (tertiary/aromatic N) is 8. The molecule has 0 saturated carbocycles. The van der Waals surface area contributed by atoms with Gasteiger partial charge in [-0.15, -0.1) is 78.9 Å². The number of nitrogen functional groups attached to an aromatic ring is 1. The molecule has 7 aromatic rings. The second-order valence-corrected chi connectivity index (χ2v) is 22.7. The van der Waals surface area contributed by atoms with Crippen LogP contribution in [0.3, 0.4) is 0 Å². The van der Waals surface area contributed by atoms with Crippen molar-refractivity contribution in [3.8, 4) is 11.5 Å². The van der Waals surface area contributed by atoms with Gasteiger partial charge >= 0.3 is 308 Å². The molecule has 452 valence electrons. The Morgan fingerprint density at radius 1 is 0.372 bits per heavy atom. The van der Waals surface area contributed by atoms with E-state index in [1.807, 2.05) is 0 Å². The fraction of sp³-hybridized carbons (Fsp3) is 0. The predicted molar refractivity (Wildman–Crippen MR) is 266 cm³/mol. The average Bonchev–Trinajstić information content (AvgIpc) is 0.742. The van der Waals surface area contributed by atoms with Crippen LogP contribution in [0.15, 0.2) is 150 Å². The first-order valence-electron chi connectivity index (χ1n) is 20.0. The molecule has 0 saturated heterocycles. The molecular formula is C38H18N9Na9O29S9. The molecule has 0 unspecified atom stereocenters. The molecule has 7 aromatic carbocycles. The van der Waals surface area contributed by atoms with Crippen molar-refractivity contribution in [1.82, 2.24) is 0 Å². The number of anilines is 1. The fourth-order valence-electron chi connectivity index (χ4n) is 6.12. The zero-order chi connectivity index (χ0) is 64.7. The molecule has 4 N–H and O–H groups in total. The summed E-state index contributed by atoms with van der Waals surface area (Å²) in [5, 5.41) is 50.9. The summed E-state index contributed by atoms with van der Waals surface area (Å²) >= 11 is 0. The molecule has 0 bridgehead atoms. The van der Waals surface area contributed by atoms with Gasteiger partial charge < -0.3 is 38.7 Å². The zero-order valence-corrected chi connectivity index (χ0v) is 74.2. The Morgan fingerprint density at radius 3 is 1.19 bits per heavy atom. The number of benzene rings is 7. The minimum absolute atomic E-state index is 0. The van der Waals surface area contributed by atoms with Crippen LogP contribution in [0.25, 0.3) is 21.5 Å². The van der Waals surface area contributed by atoms with Gasteiger partial charge in [0.15, 0.2) is 5.75 Å². The normalized spacial score (nSPS) is 10.7. The first-order valence-corrected chi connectivity index (χ1v) is 31.0. The minimum Gasteiger partial charge on any atom is -0.746 e. The Bertz CT molecular complexity index is 4960. The molecule has 0 aliphatic carbocycles. The molecule has 56 heteroatoms. The summed E-state index contributed by atoms with van der Waals surface area (Å²) < 4.78 is 282. The standard InChI is InChI=1S/C38H23N9O17S5.9Na.4O3S/c39-35-28(18-31(68(59,60)61)22-17-32(69(62,63)64)36(38(49)34(22)35)47-40-19-6-5-7-20(16-19)65(50,51)52)46-44-26-15-14-23(41-42-24-8-1-3-10-29(24)66(53,54)55)21-12-13-27(37(48)33(21)26)45-43-25-9-2-4-11-30(25)67(56,57)58;;;;;;;;;;4*1-4(2)3/h3-5,7-12,14-18,48-49H,39H2,(H,50,51,52)(H,53,54,55)(H,56,57,58)(H,59,60,61)(H,62,63,64);;;;;;;;;;;;;/q-4;9*+1;;;;/p-5. The van der Waals surface area contributed by atoms with Crippen LogP contribution in [0.5, 0.6) is 11.5 Å². The number of phenolic OH excluding ortho intramolecular Hbond substituents is 2. The molecule has 7 rings (SSSR count). The Balaban J connectivity index is -0.000000545. The van der Waals surface area contributed by atoms with Crippen LogP contribution in [-0.2, 0) is 93.0 Å². The number of fused-ring (bicyclic) bond motifs is 2. The number of rotatable bonds is 13. The second kappa shape index (κ2) is 48.0. The molecule has 0 aliphatic heterocycles. The van der Waals surface area contributed by atoms with Gasteiger partial charge in [-0.25, -0.2) is 52.3 Å². The SMILES string of the molecule is Nc1c(N=Nc2ccc(N=Nc3c[c-]ccc3S(=O)(=O)[O-])c3c[c-]c(N=Nc4c[c-]ccc4S(=O)(=O)[O-])c(O)c23)cc(S(=O)(=O)[O-])c2cc(S(=O)(=O)[O-])c(N=Nc3[c-]ccc(S(=O)(=O)[O-])c3)c(O)c12.O=S(=O)=O.O=S(=O)=O.O=S(=O)=O.O=S(=O)=O.[Na+].[Na+].[Na+].[Na+].[Na+].[Na+].[Na+].[Na+].[Na+]. The Morgan fingerprint density at radius 2 is 0.766 bits per heavy atom. The quantitative estimate of drug-likeness (QED) is 0.0317. The van der Waals surface area contributed by atoms with Gasteiger partial charge in [0, 0.05) is 22.5 Å². The van der Waals surface area contributed by atoms with E-state index in [0.717, 1.165) is 66.7 Å². The summed E-state index contributed by atoms with van der Waals surface area (Å²) in [6.45, 7) is 0. The van der Waals surface area contributed by atoms with E-state index in [0.29, 0.717) is 18.2 Å². The fourth-order valence-corrected chi connectivity index (χ4v) is 9.11. The summed E-state index contributed by atoms with van der Waals surface area (Å²) in [7, 11) is -39.2. The van der Waals surface area contributed by atoms with Crippen molar-refractivity contribution < 1.29 is 392 Å². The van der Waals surface area contributed by atoms with E-state index in [9.17, 15) is 75.1 Å². The van der Waals surface area contributed by atoms with E-state index < -0.39 is 191 Å². The Hall–Kier alpha value is -0.110. The number of azo groups is 4. The van der Waals surface area contributed by atoms with Crippen LogP contribution < -0.4 is 272 Å². The van der Waals surface area contributed by atoms with Gasteiger partial charge in [-0.1, -0.05) is 15.7 Å². The molecule has 0 amide bonds. The molecule has 0 spiro atoms. The first-order chi connectivity index (χ1) is 39.1. The van der Waals surface area contributed by atoms with Gasteiger partial charge in [-0.2, -0.15) is 87.2 Å². The van der Waals surface area contributed by atoms with E-state index in [2.05, 4.69) is 65.2 Å². The van der Waals surface area contributed by atoms with Gasteiger partial charge in [-0.3, -0.25) is 0 Å². The van der Waals surface area contributed by atoms with Crippen molar-refractivity contribution in [2.45, 2.75) is 24.5 Å². The number of aromatic hydroxyl groups is 2. The molecule has 0 atom stereocenters. The maximum atomic E-state index is 12.7. The summed E-state index contributed by atoms with van der Waals surface area (Å²) in [6, 6.07) is 22.5. The molecule has 0 aliphatic rings. The summed E-state index contributed by atoms with van der Waals surface area (Å²) in [5.41, 5.74) is 0.829. The van der Waals surface area contributed by atoms with Crippen LogP contribution in [0.1, 0.15) is 0 Å². The van der Waals surface area contributed by atoms with Gasteiger partial charge in [0.25, 0.3) is 0 Å². The van der Waals surface area contributed by atoms with Gasteiger partial charge in [0.05, 0.1) is 26.6 Å². The van der Waals surface area contributed by atoms with Crippen molar-refractivity contribution >= 4 is 166 Å². The number of hydrogen-bond donors (Lipinski definition) is 3. The van der Waals surface area contributed by atoms with Crippen molar-refractivity contribution in [3.63, 3.8) is 0 Å². The number of phenols is 2. The van der Waals surface area contributed by atoms with Crippen molar-refractivity contribution in [1.29, 1.82) is 0 Å². The van der Waals surface area contributed by atoms with Crippen LogP contribution in [0.2, 0.25) is 0 Å². The van der Waals surface area contributed by atoms with Crippen LogP contribution in [0, 0.1) is 24.3 Å². The summed E-state index contributed by atoms with van der Waals surface area (Å²) in [4.78, 5) is -5.23. The monoisotopic (exact) mass is 1560 g/mol. The van der Waals surface area contributed by atoms with E-state index >= 15 is 0 Å². The zero-order valence-electron chi connectivity index (χ0n) is 48.8. The first kappa shape index (κ1) is 107. The van der Waals surface area contributed by atoms with Crippen LogP contribution in [0.4, 0.5) is 51.2 Å². The summed E-state index contributed by atoms with van der Waals surface area (Å²) in [5.74, 6) is -2.28. The van der Waals surface area contributed by atoms with Gasteiger partial charge in [0.1, 0.15) is 62.0 Å². The third kappa shape index (κ3) is 34.7. The second-order valence-electron chi connectivity index (χ2n) is 14.3. The van der Waals surface area contributed by atoms with E-state index in [-0.39, 0.29) is 277 Å². The summed E-state index contributed by atoms with van der Waals surface area (Å²) in [6.07, 6.45) is 0. The van der Waals surface area contributed by atoms with Crippen molar-refractivity contribution in [2.75, 3.05) is 5.73 Å². The van der Waals surface area contributed by atoms with E-state index in [1.54, 1.807) is 0 Å². The van der Waals surface area contributed by atoms with Crippen LogP contribution in [-0.4, -0.2) is 126 Å². The van der Waals surface area contributed by atoms with Crippen molar-refractivity contribution in [3.05, 3.63) is 109 Å². The van der Waals surface area contributed by atoms with Crippen LogP contribution >= 0.6 is 0 Å². The molecular weight excluding hydrogens is 1540 g/mol. The van der Waals surface area contributed by atoms with Gasteiger partial charge in [-0.05, 0) is 51.1 Å². The third-order valence-electron chi connectivity index (χ3n) is 9.11. The maximum Gasteiger partial charge on any atom is 1.00 e. The Kier molecular flexibility index (Phi) is 54.7. The molecule has 0 heterocycles.